The molecule has 0 saturated heterocycles. The topological polar surface area (TPSA) is 29.1 Å². The van der Waals surface area contributed by atoms with E-state index in [1.54, 1.807) is 11.8 Å². The van der Waals surface area contributed by atoms with Crippen molar-refractivity contribution in [2.45, 2.75) is 6.92 Å². The van der Waals surface area contributed by atoms with Gasteiger partial charge >= 0.3 is 0 Å². The Labute approximate surface area is 109 Å². The fraction of sp³-hybridized carbons (Fsp3) is 0.417. The van der Waals surface area contributed by atoms with Crippen LogP contribution in [0.25, 0.3) is 0 Å². The molecule has 1 aromatic rings. The van der Waals surface area contributed by atoms with Gasteiger partial charge in [0.15, 0.2) is 0 Å². The van der Waals surface area contributed by atoms with Crippen molar-refractivity contribution in [1.29, 1.82) is 0 Å². The average molecular weight is 302 g/mol. The third-order valence-electron chi connectivity index (χ3n) is 2.18. The molecule has 1 atom stereocenters. The van der Waals surface area contributed by atoms with Gasteiger partial charge in [-0.1, -0.05) is 19.1 Å². The van der Waals surface area contributed by atoms with Gasteiger partial charge in [-0.05, 0) is 46.0 Å². The van der Waals surface area contributed by atoms with Crippen LogP contribution in [0.4, 0.5) is 0 Å². The first-order chi connectivity index (χ1) is 7.65. The van der Waals surface area contributed by atoms with E-state index in [0.717, 1.165) is 16.8 Å². The van der Waals surface area contributed by atoms with E-state index < -0.39 is 0 Å². The molecule has 0 bridgehead atoms. The van der Waals surface area contributed by atoms with E-state index in [0.29, 0.717) is 11.5 Å². The summed E-state index contributed by atoms with van der Waals surface area (Å²) in [6, 6.07) is 7.46. The van der Waals surface area contributed by atoms with Crippen molar-refractivity contribution < 1.29 is 4.79 Å². The average Bonchev–Trinajstić information content (AvgIpc) is 2.27. The quantitative estimate of drug-likeness (QED) is 0.905. The first kappa shape index (κ1) is 13.6. The van der Waals surface area contributed by atoms with Crippen molar-refractivity contribution in [3.8, 4) is 0 Å². The standard InChI is InChI=1S/C12H16BrNOS/c1-9(8-16-2)7-14-12(15)10-5-3-4-6-11(10)13/h3-6,9H,7-8H2,1-2H3,(H,14,15). The molecule has 1 rings (SSSR count). The minimum atomic E-state index is -0.0135. The lowest BCUT2D eigenvalue weighted by Crippen LogP contribution is -2.29. The monoisotopic (exact) mass is 301 g/mol. The van der Waals surface area contributed by atoms with E-state index in [9.17, 15) is 4.79 Å². The van der Waals surface area contributed by atoms with E-state index >= 15 is 0 Å². The third kappa shape index (κ3) is 4.18. The van der Waals surface area contributed by atoms with Gasteiger partial charge in [-0.15, -0.1) is 0 Å². The van der Waals surface area contributed by atoms with Gasteiger partial charge < -0.3 is 5.32 Å². The summed E-state index contributed by atoms with van der Waals surface area (Å²) in [5.41, 5.74) is 0.693. The van der Waals surface area contributed by atoms with Crippen LogP contribution in [0.5, 0.6) is 0 Å². The maximum atomic E-state index is 11.8. The van der Waals surface area contributed by atoms with Crippen LogP contribution in [-0.4, -0.2) is 24.5 Å². The summed E-state index contributed by atoms with van der Waals surface area (Å²) in [5.74, 6) is 1.55. The summed E-state index contributed by atoms with van der Waals surface area (Å²) in [7, 11) is 0. The summed E-state index contributed by atoms with van der Waals surface area (Å²) < 4.78 is 0.838. The zero-order chi connectivity index (χ0) is 12.0. The number of hydrogen-bond donors (Lipinski definition) is 1. The van der Waals surface area contributed by atoms with Crippen LogP contribution >= 0.6 is 27.7 Å². The number of amides is 1. The van der Waals surface area contributed by atoms with Gasteiger partial charge in [-0.2, -0.15) is 11.8 Å². The molecule has 1 unspecified atom stereocenters. The molecule has 0 aliphatic rings. The van der Waals surface area contributed by atoms with Crippen LogP contribution in [0.1, 0.15) is 17.3 Å². The highest BCUT2D eigenvalue weighted by Gasteiger charge is 2.09. The van der Waals surface area contributed by atoms with Gasteiger partial charge in [0.2, 0.25) is 0 Å². The molecule has 4 heteroatoms. The maximum Gasteiger partial charge on any atom is 0.252 e. The lowest BCUT2D eigenvalue weighted by Gasteiger charge is -2.11. The lowest BCUT2D eigenvalue weighted by molar-refractivity contribution is 0.0948. The largest absolute Gasteiger partial charge is 0.352 e. The molecule has 0 aliphatic carbocycles. The zero-order valence-corrected chi connectivity index (χ0v) is 11.9. The van der Waals surface area contributed by atoms with Gasteiger partial charge in [0.1, 0.15) is 0 Å². The number of carbonyl (C=O) groups is 1. The summed E-state index contributed by atoms with van der Waals surface area (Å²) in [6.07, 6.45) is 2.08. The molecule has 1 amide bonds. The predicted octanol–water partition coefficient (Wildman–Crippen LogP) is 3.18. The number of rotatable bonds is 5. The zero-order valence-electron chi connectivity index (χ0n) is 9.50. The normalized spacial score (nSPS) is 12.2. The Kier molecular flexibility index (Phi) is 5.91. The summed E-state index contributed by atoms with van der Waals surface area (Å²) in [5, 5.41) is 2.94. The molecule has 0 aliphatic heterocycles. The number of halogens is 1. The van der Waals surface area contributed by atoms with Crippen molar-refractivity contribution in [2.24, 2.45) is 5.92 Å². The van der Waals surface area contributed by atoms with Crippen molar-refractivity contribution in [3.63, 3.8) is 0 Å². The minimum absolute atomic E-state index is 0.0135. The van der Waals surface area contributed by atoms with E-state index in [4.69, 9.17) is 0 Å². The van der Waals surface area contributed by atoms with Gasteiger partial charge in [0.05, 0.1) is 5.56 Å². The number of benzene rings is 1. The predicted molar refractivity (Wildman–Crippen MR) is 74.0 cm³/mol. The Morgan fingerprint density at radius 3 is 2.81 bits per heavy atom. The maximum absolute atomic E-state index is 11.8. The molecule has 0 fully saturated rings. The molecule has 16 heavy (non-hydrogen) atoms. The van der Waals surface area contributed by atoms with Crippen LogP contribution in [-0.2, 0) is 0 Å². The van der Waals surface area contributed by atoms with Gasteiger partial charge in [-0.25, -0.2) is 0 Å². The number of hydrogen-bond acceptors (Lipinski definition) is 2. The molecule has 0 aromatic heterocycles. The third-order valence-corrected chi connectivity index (χ3v) is 3.77. The molecule has 2 nitrogen and oxygen atoms in total. The Hall–Kier alpha value is -0.480. The Balaban J connectivity index is 2.50. The molecule has 0 heterocycles. The number of nitrogens with one attached hydrogen (secondary N) is 1. The van der Waals surface area contributed by atoms with Crippen LogP contribution < -0.4 is 5.32 Å². The first-order valence-corrected chi connectivity index (χ1v) is 7.35. The summed E-state index contributed by atoms with van der Waals surface area (Å²) >= 11 is 5.17. The second-order valence-corrected chi connectivity index (χ2v) is 5.52. The van der Waals surface area contributed by atoms with Gasteiger partial charge in [0, 0.05) is 11.0 Å². The van der Waals surface area contributed by atoms with Crippen molar-refractivity contribution in [3.05, 3.63) is 34.3 Å². The van der Waals surface area contributed by atoms with Crippen molar-refractivity contribution >= 4 is 33.6 Å². The molecule has 1 N–H and O–H groups in total. The lowest BCUT2D eigenvalue weighted by atomic mass is 10.2. The Morgan fingerprint density at radius 2 is 2.19 bits per heavy atom. The van der Waals surface area contributed by atoms with E-state index in [1.165, 1.54) is 0 Å². The molecule has 0 saturated carbocycles. The van der Waals surface area contributed by atoms with E-state index in [2.05, 4.69) is 34.4 Å². The second-order valence-electron chi connectivity index (χ2n) is 3.75. The van der Waals surface area contributed by atoms with Crippen LogP contribution in [0.15, 0.2) is 28.7 Å². The molecular formula is C12H16BrNOS. The molecule has 0 radical (unpaired) electrons. The Bertz CT molecular complexity index is 357. The summed E-state index contributed by atoms with van der Waals surface area (Å²) in [6.45, 7) is 2.86. The van der Waals surface area contributed by atoms with Crippen LogP contribution in [0, 0.1) is 5.92 Å². The van der Waals surface area contributed by atoms with Gasteiger partial charge in [-0.3, -0.25) is 4.79 Å². The smallest absolute Gasteiger partial charge is 0.252 e. The highest BCUT2D eigenvalue weighted by Crippen LogP contribution is 2.15. The second kappa shape index (κ2) is 6.97. The number of carbonyl (C=O) groups excluding carboxylic acids is 1. The van der Waals surface area contributed by atoms with Crippen LogP contribution in [0.2, 0.25) is 0 Å². The van der Waals surface area contributed by atoms with Crippen molar-refractivity contribution in [1.82, 2.24) is 5.32 Å². The molecular weight excluding hydrogens is 286 g/mol. The molecule has 0 spiro atoms. The molecule has 88 valence electrons. The van der Waals surface area contributed by atoms with Crippen LogP contribution in [0.3, 0.4) is 0 Å². The highest BCUT2D eigenvalue weighted by atomic mass is 79.9. The fourth-order valence-corrected chi connectivity index (χ4v) is 2.50. The Morgan fingerprint density at radius 1 is 1.50 bits per heavy atom. The minimum Gasteiger partial charge on any atom is -0.352 e. The fourth-order valence-electron chi connectivity index (χ4n) is 1.35. The van der Waals surface area contributed by atoms with E-state index in [-0.39, 0.29) is 5.91 Å². The number of thioether (sulfide) groups is 1. The summed E-state index contributed by atoms with van der Waals surface area (Å²) in [4.78, 5) is 11.8. The van der Waals surface area contributed by atoms with Crippen molar-refractivity contribution in [2.75, 3.05) is 18.6 Å². The van der Waals surface area contributed by atoms with Gasteiger partial charge in [0.25, 0.3) is 5.91 Å². The SMILES string of the molecule is CSCC(C)CNC(=O)c1ccccc1Br. The molecule has 1 aromatic carbocycles. The van der Waals surface area contributed by atoms with E-state index in [1.807, 2.05) is 24.3 Å². The highest BCUT2D eigenvalue weighted by molar-refractivity contribution is 9.10. The first-order valence-electron chi connectivity index (χ1n) is 5.16.